The molecule has 0 saturated heterocycles. The van der Waals surface area contributed by atoms with Crippen LogP contribution in [0, 0.1) is 0 Å². The highest BCUT2D eigenvalue weighted by atomic mass is 16.3. The van der Waals surface area contributed by atoms with Gasteiger partial charge in [0, 0.05) is 18.7 Å². The zero-order chi connectivity index (χ0) is 11.3. The number of nitrogens with one attached hydrogen (secondary N) is 1. The average molecular weight is 208 g/mol. The number of rotatable bonds is 4. The number of benzene rings is 1. The number of carbonyl (C=O) groups excluding carboxylic acids is 1. The molecule has 1 rings (SSSR count). The summed E-state index contributed by atoms with van der Waals surface area (Å²) in [7, 11) is 0. The molecule has 0 saturated carbocycles. The molecular formula is C11H16N2O2. The Morgan fingerprint density at radius 1 is 1.60 bits per heavy atom. The van der Waals surface area contributed by atoms with Crippen molar-refractivity contribution < 1.29 is 9.90 Å². The fraction of sp³-hybridized carbons (Fsp3) is 0.364. The number of hydrogen-bond donors (Lipinski definition) is 3. The Bertz CT molecular complexity index is 339. The Balaban J connectivity index is 2.87. The SMILES string of the molecule is CCNC(=O)c1cccc([C@@H](O)CN)c1. The predicted octanol–water partition coefficient (Wildman–Crippen LogP) is 0.428. The van der Waals surface area contributed by atoms with Crippen molar-refractivity contribution in [2.75, 3.05) is 13.1 Å². The molecule has 0 aromatic heterocycles. The maximum atomic E-state index is 11.5. The van der Waals surface area contributed by atoms with E-state index in [-0.39, 0.29) is 12.5 Å². The van der Waals surface area contributed by atoms with Crippen molar-refractivity contribution in [1.82, 2.24) is 5.32 Å². The summed E-state index contributed by atoms with van der Waals surface area (Å²) in [5.74, 6) is -0.136. The van der Waals surface area contributed by atoms with Crippen LogP contribution in [-0.2, 0) is 0 Å². The molecule has 0 heterocycles. The lowest BCUT2D eigenvalue weighted by Gasteiger charge is -2.09. The normalized spacial score (nSPS) is 12.2. The number of carbonyl (C=O) groups is 1. The third-order valence-electron chi connectivity index (χ3n) is 2.09. The second-order valence-electron chi connectivity index (χ2n) is 3.24. The first-order valence-corrected chi connectivity index (χ1v) is 4.95. The summed E-state index contributed by atoms with van der Waals surface area (Å²) in [5, 5.41) is 12.2. The molecule has 1 amide bonds. The molecule has 0 fully saturated rings. The van der Waals surface area contributed by atoms with Crippen LogP contribution in [0.25, 0.3) is 0 Å². The summed E-state index contributed by atoms with van der Waals surface area (Å²) in [6.07, 6.45) is -0.709. The van der Waals surface area contributed by atoms with Gasteiger partial charge in [-0.25, -0.2) is 0 Å². The molecule has 0 aliphatic heterocycles. The molecule has 0 aliphatic rings. The lowest BCUT2D eigenvalue weighted by Crippen LogP contribution is -2.23. The highest BCUT2D eigenvalue weighted by molar-refractivity contribution is 5.94. The second kappa shape index (κ2) is 5.48. The van der Waals surface area contributed by atoms with Crippen LogP contribution in [0.5, 0.6) is 0 Å². The van der Waals surface area contributed by atoms with Crippen LogP contribution < -0.4 is 11.1 Å². The van der Waals surface area contributed by atoms with E-state index >= 15 is 0 Å². The monoisotopic (exact) mass is 208 g/mol. The number of aliphatic hydroxyl groups is 1. The summed E-state index contributed by atoms with van der Waals surface area (Å²) in [6, 6.07) is 6.85. The summed E-state index contributed by atoms with van der Waals surface area (Å²) in [4.78, 5) is 11.5. The lowest BCUT2D eigenvalue weighted by molar-refractivity contribution is 0.0955. The van der Waals surface area contributed by atoms with E-state index in [1.54, 1.807) is 24.3 Å². The van der Waals surface area contributed by atoms with Crippen LogP contribution in [0.3, 0.4) is 0 Å². The molecule has 1 atom stereocenters. The highest BCUT2D eigenvalue weighted by Gasteiger charge is 2.08. The van der Waals surface area contributed by atoms with Gasteiger partial charge in [0.05, 0.1) is 6.10 Å². The van der Waals surface area contributed by atoms with Crippen LogP contribution in [0.1, 0.15) is 28.9 Å². The zero-order valence-corrected chi connectivity index (χ0v) is 8.73. The minimum atomic E-state index is -0.709. The van der Waals surface area contributed by atoms with Crippen LogP contribution in [0.2, 0.25) is 0 Å². The number of nitrogens with two attached hydrogens (primary N) is 1. The van der Waals surface area contributed by atoms with E-state index in [9.17, 15) is 9.90 Å². The van der Waals surface area contributed by atoms with E-state index < -0.39 is 6.10 Å². The van der Waals surface area contributed by atoms with Gasteiger partial charge in [-0.1, -0.05) is 12.1 Å². The van der Waals surface area contributed by atoms with Gasteiger partial charge in [-0.05, 0) is 24.6 Å². The van der Waals surface area contributed by atoms with Crippen LogP contribution in [0.15, 0.2) is 24.3 Å². The van der Waals surface area contributed by atoms with Crippen molar-refractivity contribution in [3.05, 3.63) is 35.4 Å². The van der Waals surface area contributed by atoms with Crippen LogP contribution in [-0.4, -0.2) is 24.1 Å². The third-order valence-corrected chi connectivity index (χ3v) is 2.09. The molecule has 4 heteroatoms. The molecule has 4 N–H and O–H groups in total. The number of amides is 1. The molecule has 1 aromatic rings. The number of aliphatic hydroxyl groups excluding tert-OH is 1. The first-order valence-electron chi connectivity index (χ1n) is 4.95. The van der Waals surface area contributed by atoms with Crippen molar-refractivity contribution >= 4 is 5.91 Å². The van der Waals surface area contributed by atoms with Gasteiger partial charge in [-0.3, -0.25) is 4.79 Å². The molecule has 15 heavy (non-hydrogen) atoms. The van der Waals surface area contributed by atoms with Gasteiger partial charge in [0.15, 0.2) is 0 Å². The van der Waals surface area contributed by atoms with E-state index in [0.717, 1.165) is 0 Å². The number of hydrogen-bond acceptors (Lipinski definition) is 3. The Kier molecular flexibility index (Phi) is 4.27. The minimum absolute atomic E-state index is 0.136. The Morgan fingerprint density at radius 3 is 2.93 bits per heavy atom. The summed E-state index contributed by atoms with van der Waals surface area (Å²) in [5.41, 5.74) is 6.55. The molecule has 0 aliphatic carbocycles. The zero-order valence-electron chi connectivity index (χ0n) is 8.73. The summed E-state index contributed by atoms with van der Waals surface area (Å²) >= 11 is 0. The molecule has 82 valence electrons. The van der Waals surface area contributed by atoms with Gasteiger partial charge in [0.2, 0.25) is 0 Å². The quantitative estimate of drug-likeness (QED) is 0.671. The van der Waals surface area contributed by atoms with E-state index in [2.05, 4.69) is 5.32 Å². The Morgan fingerprint density at radius 2 is 2.33 bits per heavy atom. The highest BCUT2D eigenvalue weighted by Crippen LogP contribution is 2.13. The summed E-state index contributed by atoms with van der Waals surface area (Å²) < 4.78 is 0. The maximum absolute atomic E-state index is 11.5. The van der Waals surface area contributed by atoms with Crippen molar-refractivity contribution in [3.63, 3.8) is 0 Å². The van der Waals surface area contributed by atoms with E-state index in [0.29, 0.717) is 17.7 Å². The van der Waals surface area contributed by atoms with Crippen molar-refractivity contribution in [2.24, 2.45) is 5.73 Å². The molecular weight excluding hydrogens is 192 g/mol. The molecule has 4 nitrogen and oxygen atoms in total. The van der Waals surface area contributed by atoms with Crippen molar-refractivity contribution in [3.8, 4) is 0 Å². The molecule has 0 bridgehead atoms. The van der Waals surface area contributed by atoms with E-state index in [1.807, 2.05) is 6.92 Å². The minimum Gasteiger partial charge on any atom is -0.387 e. The second-order valence-corrected chi connectivity index (χ2v) is 3.24. The maximum Gasteiger partial charge on any atom is 0.251 e. The molecule has 0 radical (unpaired) electrons. The summed E-state index contributed by atoms with van der Waals surface area (Å²) in [6.45, 7) is 2.60. The topological polar surface area (TPSA) is 75.3 Å². The first kappa shape index (κ1) is 11.7. The van der Waals surface area contributed by atoms with Crippen LogP contribution in [0.4, 0.5) is 0 Å². The van der Waals surface area contributed by atoms with E-state index in [1.165, 1.54) is 0 Å². The largest absolute Gasteiger partial charge is 0.387 e. The van der Waals surface area contributed by atoms with Gasteiger partial charge in [-0.2, -0.15) is 0 Å². The van der Waals surface area contributed by atoms with Gasteiger partial charge in [0.25, 0.3) is 5.91 Å². The molecule has 0 spiro atoms. The Labute approximate surface area is 89.1 Å². The van der Waals surface area contributed by atoms with Crippen molar-refractivity contribution in [1.29, 1.82) is 0 Å². The van der Waals surface area contributed by atoms with Gasteiger partial charge < -0.3 is 16.2 Å². The first-order chi connectivity index (χ1) is 7.19. The van der Waals surface area contributed by atoms with Crippen molar-refractivity contribution in [2.45, 2.75) is 13.0 Å². The average Bonchev–Trinajstić information content (AvgIpc) is 2.28. The Hall–Kier alpha value is -1.39. The third kappa shape index (κ3) is 3.04. The fourth-order valence-corrected chi connectivity index (χ4v) is 1.29. The van der Waals surface area contributed by atoms with Gasteiger partial charge in [-0.15, -0.1) is 0 Å². The molecule has 1 aromatic carbocycles. The van der Waals surface area contributed by atoms with E-state index in [4.69, 9.17) is 5.73 Å². The van der Waals surface area contributed by atoms with Gasteiger partial charge in [0.1, 0.15) is 0 Å². The van der Waals surface area contributed by atoms with Gasteiger partial charge >= 0.3 is 0 Å². The standard InChI is InChI=1S/C11H16N2O2/c1-2-13-11(15)9-5-3-4-8(6-9)10(14)7-12/h3-6,10,14H,2,7,12H2,1H3,(H,13,15)/t10-/m0/s1. The molecule has 0 unspecified atom stereocenters. The fourth-order valence-electron chi connectivity index (χ4n) is 1.29. The lowest BCUT2D eigenvalue weighted by atomic mass is 10.1. The van der Waals surface area contributed by atoms with Crippen LogP contribution >= 0.6 is 0 Å². The smallest absolute Gasteiger partial charge is 0.251 e. The predicted molar refractivity (Wildman–Crippen MR) is 58.5 cm³/mol.